The van der Waals surface area contributed by atoms with E-state index >= 15 is 0 Å². The van der Waals surface area contributed by atoms with Crippen LogP contribution in [0.3, 0.4) is 0 Å². The third-order valence-electron chi connectivity index (χ3n) is 1.84. The predicted octanol–water partition coefficient (Wildman–Crippen LogP) is 3.19. The van der Waals surface area contributed by atoms with Crippen molar-refractivity contribution in [1.82, 2.24) is 0 Å². The highest BCUT2D eigenvalue weighted by molar-refractivity contribution is 7.99. The molecule has 0 radical (unpaired) electrons. The minimum absolute atomic E-state index is 0.525. The average molecular weight is 240 g/mol. The molecule has 1 aromatic carbocycles. The van der Waals surface area contributed by atoms with Crippen LogP contribution < -0.4 is 0 Å². The van der Waals surface area contributed by atoms with Gasteiger partial charge in [-0.25, -0.2) is 0 Å². The maximum atomic E-state index is 10.2. The van der Waals surface area contributed by atoms with Gasteiger partial charge in [0.15, 0.2) is 0 Å². The van der Waals surface area contributed by atoms with Crippen LogP contribution in [-0.2, 0) is 16.0 Å². The first-order valence-corrected chi connectivity index (χ1v) is 6.41. The summed E-state index contributed by atoms with van der Waals surface area (Å²) in [6.45, 7) is 4.91. The fraction of sp³-hybridized carbons (Fsp3) is 0.462. The molecule has 0 amide bonds. The van der Waals surface area contributed by atoms with Crippen LogP contribution >= 0.6 is 11.8 Å². The normalized spacial score (nSPS) is 9.19. The lowest BCUT2D eigenvalue weighted by atomic mass is 10.2. The fourth-order valence-electron chi connectivity index (χ4n) is 0.985. The van der Waals surface area contributed by atoms with E-state index < -0.39 is 0 Å². The third kappa shape index (κ3) is 7.49. The fourth-order valence-corrected chi connectivity index (χ4v) is 1.65. The molecule has 0 bridgehead atoms. The van der Waals surface area contributed by atoms with Crippen LogP contribution in [0.25, 0.3) is 0 Å². The molecule has 0 aliphatic carbocycles. The summed E-state index contributed by atoms with van der Waals surface area (Å²) in [6, 6.07) is 8.14. The highest BCUT2D eigenvalue weighted by Crippen LogP contribution is 2.17. The molecule has 0 N–H and O–H groups in total. The topological polar surface area (TPSA) is 26.3 Å². The lowest BCUT2D eigenvalue weighted by Gasteiger charge is -1.98. The Morgan fingerprint density at radius 2 is 1.81 bits per heavy atom. The van der Waals surface area contributed by atoms with Gasteiger partial charge in [0.1, 0.15) is 6.29 Å². The Morgan fingerprint density at radius 1 is 1.25 bits per heavy atom. The number of rotatable bonds is 5. The van der Waals surface area contributed by atoms with Crippen molar-refractivity contribution in [3.8, 4) is 0 Å². The molecule has 0 saturated carbocycles. The maximum absolute atomic E-state index is 10.2. The number of carbonyl (C=O) groups is 1. The lowest BCUT2D eigenvalue weighted by Crippen LogP contribution is -1.84. The number of hydrogen-bond acceptors (Lipinski definition) is 3. The Morgan fingerprint density at radius 3 is 2.19 bits per heavy atom. The zero-order chi connectivity index (χ0) is 12.2. The van der Waals surface area contributed by atoms with Gasteiger partial charge in [-0.05, 0) is 30.4 Å². The van der Waals surface area contributed by atoms with E-state index in [1.54, 1.807) is 7.11 Å². The molecule has 2 nitrogen and oxygen atoms in total. The standard InChI is InChI=1S/C10H12OS.C3H8O/c1-2-12-10-5-3-9(4-6-10)7-8-11;1-3-4-2/h3-6,8H,2,7H2,1H3;3H2,1-2H3. The van der Waals surface area contributed by atoms with Crippen LogP contribution in [0.1, 0.15) is 19.4 Å². The van der Waals surface area contributed by atoms with Gasteiger partial charge < -0.3 is 9.53 Å². The van der Waals surface area contributed by atoms with Gasteiger partial charge in [0.05, 0.1) is 0 Å². The van der Waals surface area contributed by atoms with Gasteiger partial charge in [0, 0.05) is 25.0 Å². The van der Waals surface area contributed by atoms with Crippen molar-refractivity contribution < 1.29 is 9.53 Å². The summed E-state index contributed by atoms with van der Waals surface area (Å²) < 4.78 is 4.54. The van der Waals surface area contributed by atoms with Crippen molar-refractivity contribution >= 4 is 18.0 Å². The molecule has 0 aromatic heterocycles. The number of carbonyl (C=O) groups excluding carboxylic acids is 1. The lowest BCUT2D eigenvalue weighted by molar-refractivity contribution is -0.107. The zero-order valence-corrected chi connectivity index (χ0v) is 11.0. The summed E-state index contributed by atoms with van der Waals surface area (Å²) >= 11 is 1.81. The Kier molecular flexibility index (Phi) is 10.2. The molecule has 0 atom stereocenters. The first-order chi connectivity index (χ1) is 7.78. The molecule has 0 aliphatic heterocycles. The van der Waals surface area contributed by atoms with Gasteiger partial charge in [-0.3, -0.25) is 0 Å². The minimum atomic E-state index is 0.525. The second-order valence-electron chi connectivity index (χ2n) is 3.03. The average Bonchev–Trinajstić information content (AvgIpc) is 2.33. The van der Waals surface area contributed by atoms with Crippen molar-refractivity contribution in [2.45, 2.75) is 25.2 Å². The SMILES string of the molecule is CCOC.CCSc1ccc(CC=O)cc1. The van der Waals surface area contributed by atoms with Gasteiger partial charge in [-0.15, -0.1) is 11.8 Å². The smallest absolute Gasteiger partial charge is 0.124 e. The third-order valence-corrected chi connectivity index (χ3v) is 2.74. The number of hydrogen-bond donors (Lipinski definition) is 0. The molecule has 16 heavy (non-hydrogen) atoms. The summed E-state index contributed by atoms with van der Waals surface area (Å²) in [5.74, 6) is 1.09. The molecule has 90 valence electrons. The number of benzene rings is 1. The number of aldehydes is 1. The van der Waals surface area contributed by atoms with E-state index in [9.17, 15) is 4.79 Å². The molecule has 0 heterocycles. The summed E-state index contributed by atoms with van der Waals surface area (Å²) in [5, 5.41) is 0. The molecule has 0 saturated heterocycles. The highest BCUT2D eigenvalue weighted by atomic mass is 32.2. The van der Waals surface area contributed by atoms with Crippen LogP contribution in [0.4, 0.5) is 0 Å². The Labute approximate surface area is 102 Å². The molecule has 0 fully saturated rings. The summed E-state index contributed by atoms with van der Waals surface area (Å²) in [5.41, 5.74) is 1.09. The van der Waals surface area contributed by atoms with Crippen LogP contribution in [0.2, 0.25) is 0 Å². The monoisotopic (exact) mass is 240 g/mol. The van der Waals surface area contributed by atoms with Gasteiger partial charge in [0.25, 0.3) is 0 Å². The van der Waals surface area contributed by atoms with Crippen LogP contribution in [0.15, 0.2) is 29.2 Å². The van der Waals surface area contributed by atoms with E-state index in [0.29, 0.717) is 6.42 Å². The molecule has 0 unspecified atom stereocenters. The molecular weight excluding hydrogens is 220 g/mol. The number of thioether (sulfide) groups is 1. The van der Waals surface area contributed by atoms with E-state index in [4.69, 9.17) is 0 Å². The van der Waals surface area contributed by atoms with E-state index in [1.807, 2.05) is 30.8 Å². The van der Waals surface area contributed by atoms with Crippen molar-refractivity contribution in [2.24, 2.45) is 0 Å². The maximum Gasteiger partial charge on any atom is 0.124 e. The van der Waals surface area contributed by atoms with Crippen LogP contribution in [-0.4, -0.2) is 25.8 Å². The summed E-state index contributed by atoms with van der Waals surface area (Å²) in [6.07, 6.45) is 1.46. The van der Waals surface area contributed by atoms with Crippen molar-refractivity contribution in [3.05, 3.63) is 29.8 Å². The highest BCUT2D eigenvalue weighted by Gasteiger charge is 1.92. The molecule has 1 rings (SSSR count). The van der Waals surface area contributed by atoms with Gasteiger partial charge >= 0.3 is 0 Å². The van der Waals surface area contributed by atoms with Crippen molar-refractivity contribution in [2.75, 3.05) is 19.5 Å². The van der Waals surface area contributed by atoms with Crippen LogP contribution in [0.5, 0.6) is 0 Å². The van der Waals surface area contributed by atoms with Gasteiger partial charge in [0.2, 0.25) is 0 Å². The van der Waals surface area contributed by atoms with E-state index in [1.165, 1.54) is 4.90 Å². The van der Waals surface area contributed by atoms with Crippen molar-refractivity contribution in [1.29, 1.82) is 0 Å². The first-order valence-electron chi connectivity index (χ1n) is 5.42. The number of methoxy groups -OCH3 is 1. The molecule has 0 aliphatic rings. The molecule has 3 heteroatoms. The largest absolute Gasteiger partial charge is 0.385 e. The second-order valence-corrected chi connectivity index (χ2v) is 4.36. The quantitative estimate of drug-likeness (QED) is 0.584. The Hall–Kier alpha value is -0.800. The molecular formula is C13H20O2S. The second kappa shape index (κ2) is 10.7. The zero-order valence-electron chi connectivity index (χ0n) is 10.2. The van der Waals surface area contributed by atoms with Crippen molar-refractivity contribution in [3.63, 3.8) is 0 Å². The molecule has 1 aromatic rings. The predicted molar refractivity (Wildman–Crippen MR) is 70.2 cm³/mol. The van der Waals surface area contributed by atoms with Gasteiger partial charge in [-0.2, -0.15) is 0 Å². The summed E-state index contributed by atoms with van der Waals surface area (Å²) in [4.78, 5) is 11.5. The van der Waals surface area contributed by atoms with Gasteiger partial charge in [-0.1, -0.05) is 19.1 Å². The Bertz CT molecular complexity index is 268. The summed E-state index contributed by atoms with van der Waals surface area (Å²) in [7, 11) is 1.68. The number of ether oxygens (including phenoxy) is 1. The van der Waals surface area contributed by atoms with E-state index in [0.717, 1.165) is 24.2 Å². The Balaban J connectivity index is 0.000000487. The van der Waals surface area contributed by atoms with E-state index in [2.05, 4.69) is 23.8 Å². The first kappa shape index (κ1) is 15.2. The minimum Gasteiger partial charge on any atom is -0.385 e. The van der Waals surface area contributed by atoms with Crippen LogP contribution in [0, 0.1) is 0 Å². The molecule has 0 spiro atoms. The van der Waals surface area contributed by atoms with E-state index in [-0.39, 0.29) is 0 Å².